The van der Waals surface area contributed by atoms with E-state index in [2.05, 4.69) is 5.32 Å². The molecule has 0 aromatic heterocycles. The Balaban J connectivity index is 1.73. The number of hydrogen-bond acceptors (Lipinski definition) is 5. The topological polar surface area (TPSA) is 105 Å². The number of halogens is 3. The van der Waals surface area contributed by atoms with Crippen LogP contribution in [0.3, 0.4) is 0 Å². The second-order valence-electron chi connectivity index (χ2n) is 6.96. The summed E-state index contributed by atoms with van der Waals surface area (Å²) in [5.41, 5.74) is -0.320. The van der Waals surface area contributed by atoms with E-state index in [0.29, 0.717) is 24.8 Å². The average Bonchev–Trinajstić information content (AvgIpc) is 2.78. The van der Waals surface area contributed by atoms with E-state index in [1.807, 2.05) is 10.2 Å². The molecule has 2 aromatic rings. The highest BCUT2D eigenvalue weighted by Crippen LogP contribution is 2.28. The Morgan fingerprint density at radius 2 is 1.74 bits per heavy atom. The number of rotatable bonds is 6. The fourth-order valence-corrected chi connectivity index (χ4v) is 3.30. The molecule has 31 heavy (non-hydrogen) atoms. The van der Waals surface area contributed by atoms with Gasteiger partial charge in [-0.25, -0.2) is 13.2 Å². The van der Waals surface area contributed by atoms with Crippen molar-refractivity contribution in [2.75, 3.05) is 29.9 Å². The molecular weight excluding hydrogens is 417 g/mol. The third-order valence-electron chi connectivity index (χ3n) is 4.85. The number of nitrogens with zero attached hydrogens (tertiary/aromatic N) is 2. The van der Waals surface area contributed by atoms with Gasteiger partial charge in [-0.1, -0.05) is 0 Å². The fraction of sp³-hybridized carbons (Fsp3) is 0.300. The van der Waals surface area contributed by atoms with Crippen LogP contribution in [0.1, 0.15) is 29.6 Å². The van der Waals surface area contributed by atoms with Crippen LogP contribution >= 0.6 is 0 Å². The first kappa shape index (κ1) is 22.1. The molecule has 2 amide bonds. The van der Waals surface area contributed by atoms with E-state index < -0.39 is 46.4 Å². The van der Waals surface area contributed by atoms with Gasteiger partial charge in [-0.2, -0.15) is 0 Å². The van der Waals surface area contributed by atoms with E-state index in [9.17, 15) is 32.9 Å². The second kappa shape index (κ2) is 9.45. The fourth-order valence-electron chi connectivity index (χ4n) is 3.30. The number of carbonyl (C=O) groups excluding carboxylic acids is 2. The molecule has 11 heteroatoms. The van der Waals surface area contributed by atoms with E-state index in [1.165, 1.54) is 12.1 Å². The van der Waals surface area contributed by atoms with E-state index in [0.717, 1.165) is 31.4 Å². The van der Waals surface area contributed by atoms with Gasteiger partial charge in [0.15, 0.2) is 17.5 Å². The van der Waals surface area contributed by atoms with Gasteiger partial charge in [-0.15, -0.1) is 0 Å². The molecule has 1 heterocycles. The minimum Gasteiger partial charge on any atom is -0.371 e. The van der Waals surface area contributed by atoms with Crippen molar-refractivity contribution in [2.45, 2.75) is 19.3 Å². The number of nitro benzene ring substituents is 1. The first-order valence-electron chi connectivity index (χ1n) is 9.53. The van der Waals surface area contributed by atoms with Crippen LogP contribution < -0.4 is 15.5 Å². The Morgan fingerprint density at radius 1 is 1.03 bits per heavy atom. The van der Waals surface area contributed by atoms with Crippen molar-refractivity contribution in [3.8, 4) is 0 Å². The molecule has 0 atom stereocenters. The van der Waals surface area contributed by atoms with E-state index in [4.69, 9.17) is 0 Å². The van der Waals surface area contributed by atoms with Gasteiger partial charge < -0.3 is 15.5 Å². The summed E-state index contributed by atoms with van der Waals surface area (Å²) in [7, 11) is 0. The molecule has 0 spiro atoms. The average molecular weight is 436 g/mol. The quantitative estimate of drug-likeness (QED) is 0.411. The summed E-state index contributed by atoms with van der Waals surface area (Å²) in [6.07, 6.45) is 2.88. The summed E-state index contributed by atoms with van der Waals surface area (Å²) in [6, 6.07) is 5.43. The van der Waals surface area contributed by atoms with Crippen LogP contribution in [-0.2, 0) is 4.79 Å². The van der Waals surface area contributed by atoms with E-state index >= 15 is 0 Å². The van der Waals surface area contributed by atoms with Gasteiger partial charge in [0.2, 0.25) is 5.91 Å². The molecule has 1 aliphatic rings. The summed E-state index contributed by atoms with van der Waals surface area (Å²) >= 11 is 0. The predicted octanol–water partition coefficient (Wildman–Crippen LogP) is 3.37. The largest absolute Gasteiger partial charge is 0.371 e. The maximum absolute atomic E-state index is 13.7. The zero-order valence-corrected chi connectivity index (χ0v) is 16.3. The number of nitro groups is 1. The number of anilines is 2. The predicted molar refractivity (Wildman–Crippen MR) is 106 cm³/mol. The van der Waals surface area contributed by atoms with Crippen molar-refractivity contribution in [1.29, 1.82) is 0 Å². The molecule has 0 saturated carbocycles. The van der Waals surface area contributed by atoms with Crippen molar-refractivity contribution in [1.82, 2.24) is 5.32 Å². The zero-order chi connectivity index (χ0) is 22.5. The Labute approximate surface area is 175 Å². The van der Waals surface area contributed by atoms with Gasteiger partial charge in [0.25, 0.3) is 11.6 Å². The molecular formula is C20H19F3N4O4. The molecule has 164 valence electrons. The second-order valence-corrected chi connectivity index (χ2v) is 6.96. The maximum Gasteiger partial charge on any atom is 0.270 e. The maximum atomic E-state index is 13.7. The van der Waals surface area contributed by atoms with Crippen LogP contribution in [0.2, 0.25) is 0 Å². The van der Waals surface area contributed by atoms with Crippen LogP contribution in [0.25, 0.3) is 0 Å². The molecule has 0 aliphatic carbocycles. The molecule has 3 rings (SSSR count). The van der Waals surface area contributed by atoms with Crippen molar-refractivity contribution in [2.24, 2.45) is 0 Å². The molecule has 0 radical (unpaired) electrons. The molecule has 1 saturated heterocycles. The highest BCUT2D eigenvalue weighted by molar-refractivity contribution is 6.03. The Kier molecular flexibility index (Phi) is 6.73. The molecule has 1 fully saturated rings. The number of carbonyl (C=O) groups is 2. The normalized spacial score (nSPS) is 13.6. The molecule has 1 aliphatic heterocycles. The SMILES string of the molecule is O=C(CNC(=O)c1cc([N+](=O)[O-])ccc1N1CCCCC1)Nc1ccc(F)c(F)c1F. The highest BCUT2D eigenvalue weighted by Gasteiger charge is 2.22. The molecule has 0 bridgehead atoms. The number of nitrogens with one attached hydrogen (secondary N) is 2. The van der Waals surface area contributed by atoms with Crippen LogP contribution in [0, 0.1) is 27.6 Å². The molecule has 2 N–H and O–H groups in total. The van der Waals surface area contributed by atoms with Gasteiger partial charge in [-0.05, 0) is 37.5 Å². The summed E-state index contributed by atoms with van der Waals surface area (Å²) in [4.78, 5) is 37.1. The summed E-state index contributed by atoms with van der Waals surface area (Å²) < 4.78 is 39.9. The van der Waals surface area contributed by atoms with E-state index in [1.54, 1.807) is 0 Å². The zero-order valence-electron chi connectivity index (χ0n) is 16.3. The Bertz CT molecular complexity index is 1030. The monoisotopic (exact) mass is 436 g/mol. The van der Waals surface area contributed by atoms with Gasteiger partial charge >= 0.3 is 0 Å². The molecule has 0 unspecified atom stereocenters. The van der Waals surface area contributed by atoms with Crippen molar-refractivity contribution >= 4 is 28.9 Å². The smallest absolute Gasteiger partial charge is 0.270 e. The molecule has 2 aromatic carbocycles. The molecule has 8 nitrogen and oxygen atoms in total. The standard InChI is InChI=1S/C20H19F3N4O4/c21-14-5-6-15(19(23)18(14)22)25-17(28)11-24-20(29)13-10-12(27(30)31)4-7-16(13)26-8-2-1-3-9-26/h4-7,10H,1-3,8-9,11H2,(H,24,29)(H,25,28). The minimum absolute atomic E-state index is 0.0305. The third-order valence-corrected chi connectivity index (χ3v) is 4.85. The summed E-state index contributed by atoms with van der Waals surface area (Å²) in [5, 5.41) is 15.5. The number of piperidine rings is 1. The van der Waals surface area contributed by atoms with Crippen molar-refractivity contribution in [3.05, 3.63) is 63.5 Å². The Hall–Kier alpha value is -3.63. The van der Waals surface area contributed by atoms with Gasteiger partial charge in [0.05, 0.1) is 28.4 Å². The lowest BCUT2D eigenvalue weighted by atomic mass is 10.1. The lowest BCUT2D eigenvalue weighted by Crippen LogP contribution is -2.35. The lowest BCUT2D eigenvalue weighted by molar-refractivity contribution is -0.384. The van der Waals surface area contributed by atoms with Crippen molar-refractivity contribution < 1.29 is 27.7 Å². The number of benzene rings is 2. The van der Waals surface area contributed by atoms with Crippen molar-refractivity contribution in [3.63, 3.8) is 0 Å². The first-order valence-corrected chi connectivity index (χ1v) is 9.53. The number of non-ortho nitro benzene ring substituents is 1. The summed E-state index contributed by atoms with van der Waals surface area (Å²) in [5.74, 6) is -6.32. The number of amides is 2. The van der Waals surface area contributed by atoms with E-state index in [-0.39, 0.29) is 11.3 Å². The van der Waals surface area contributed by atoms with Gasteiger partial charge in [0.1, 0.15) is 0 Å². The highest BCUT2D eigenvalue weighted by atomic mass is 19.2. The van der Waals surface area contributed by atoms with Gasteiger partial charge in [-0.3, -0.25) is 19.7 Å². The van der Waals surface area contributed by atoms with Crippen LogP contribution in [-0.4, -0.2) is 36.4 Å². The lowest BCUT2D eigenvalue weighted by Gasteiger charge is -2.30. The van der Waals surface area contributed by atoms with Crippen LogP contribution in [0.4, 0.5) is 30.2 Å². The Morgan fingerprint density at radius 3 is 2.42 bits per heavy atom. The third kappa shape index (κ3) is 5.11. The van der Waals surface area contributed by atoms with Gasteiger partial charge in [0, 0.05) is 25.2 Å². The summed E-state index contributed by atoms with van der Waals surface area (Å²) in [6.45, 7) is 0.765. The first-order chi connectivity index (χ1) is 14.8. The van der Waals surface area contributed by atoms with Crippen LogP contribution in [0.15, 0.2) is 30.3 Å². The number of hydrogen-bond donors (Lipinski definition) is 2. The van der Waals surface area contributed by atoms with Crippen LogP contribution in [0.5, 0.6) is 0 Å². The minimum atomic E-state index is -1.73.